The largest absolute Gasteiger partial charge is 0.393 e. The first kappa shape index (κ1) is 14.2. The zero-order chi connectivity index (χ0) is 13.1. The molecule has 0 bridgehead atoms. The Balaban J connectivity index is 2.68. The summed E-state index contributed by atoms with van der Waals surface area (Å²) in [6.45, 7) is 1.62. The molecule has 0 aromatic heterocycles. The van der Waals surface area contributed by atoms with E-state index in [0.29, 0.717) is 6.61 Å². The van der Waals surface area contributed by atoms with Crippen molar-refractivity contribution < 1.29 is 22.7 Å². The van der Waals surface area contributed by atoms with E-state index in [1.54, 1.807) is 6.92 Å². The van der Waals surface area contributed by atoms with Crippen LogP contribution >= 0.6 is 0 Å². The third-order valence-electron chi connectivity index (χ3n) is 2.92. The Morgan fingerprint density at radius 3 is 2.59 bits per heavy atom. The van der Waals surface area contributed by atoms with Gasteiger partial charge in [-0.25, -0.2) is 0 Å². The molecule has 0 aliphatic carbocycles. The first-order chi connectivity index (χ1) is 7.90. The molecule has 0 spiro atoms. The molecule has 7 heteroatoms. The van der Waals surface area contributed by atoms with Crippen LogP contribution < -0.4 is 5.73 Å². The van der Waals surface area contributed by atoms with Crippen LogP contribution in [0.1, 0.15) is 6.92 Å². The zero-order valence-electron chi connectivity index (χ0n) is 9.67. The van der Waals surface area contributed by atoms with Crippen molar-refractivity contribution in [3.05, 3.63) is 0 Å². The van der Waals surface area contributed by atoms with Crippen LogP contribution in [0, 0.1) is 11.8 Å². The maximum atomic E-state index is 12.8. The molecule has 1 amide bonds. The Hall–Kier alpha value is -0.820. The summed E-state index contributed by atoms with van der Waals surface area (Å²) in [6.07, 6.45) is -4.30. The number of hydrogen-bond acceptors (Lipinski definition) is 3. The van der Waals surface area contributed by atoms with Gasteiger partial charge in [0.15, 0.2) is 0 Å². The van der Waals surface area contributed by atoms with Gasteiger partial charge in [0.05, 0.1) is 19.1 Å². The summed E-state index contributed by atoms with van der Waals surface area (Å²) in [5, 5.41) is 0. The number of rotatable bonds is 4. The third-order valence-corrected chi connectivity index (χ3v) is 2.92. The predicted molar refractivity (Wildman–Crippen MR) is 55.2 cm³/mol. The molecule has 0 saturated carbocycles. The summed E-state index contributed by atoms with van der Waals surface area (Å²) in [6, 6.07) is 0. The van der Waals surface area contributed by atoms with Gasteiger partial charge in [-0.3, -0.25) is 4.79 Å². The standard InChI is InChI=1S/C10H17F3N2O2/c1-2-17-6-7-4-15(9(16)3-14)5-8(7)10(11,12)13/h7-8H,2-6,14H2,1H3/t7-,8-/m0/s1. The quantitative estimate of drug-likeness (QED) is 0.800. The highest BCUT2D eigenvalue weighted by atomic mass is 19.4. The second kappa shape index (κ2) is 5.68. The van der Waals surface area contributed by atoms with Gasteiger partial charge in [-0.15, -0.1) is 0 Å². The molecule has 1 saturated heterocycles. The molecule has 0 unspecified atom stereocenters. The normalized spacial score (nSPS) is 25.4. The van der Waals surface area contributed by atoms with Crippen molar-refractivity contribution in [2.75, 3.05) is 32.8 Å². The van der Waals surface area contributed by atoms with Crippen molar-refractivity contribution in [1.29, 1.82) is 0 Å². The van der Waals surface area contributed by atoms with Gasteiger partial charge in [0.2, 0.25) is 5.91 Å². The number of carbonyl (C=O) groups excluding carboxylic acids is 1. The van der Waals surface area contributed by atoms with E-state index in [0.717, 1.165) is 0 Å². The number of halogens is 3. The van der Waals surface area contributed by atoms with Crippen LogP contribution in [0.5, 0.6) is 0 Å². The van der Waals surface area contributed by atoms with Gasteiger partial charge < -0.3 is 15.4 Å². The zero-order valence-corrected chi connectivity index (χ0v) is 9.67. The average Bonchev–Trinajstić information content (AvgIpc) is 2.69. The van der Waals surface area contributed by atoms with E-state index in [1.165, 1.54) is 4.90 Å². The van der Waals surface area contributed by atoms with Crippen LogP contribution in [0.2, 0.25) is 0 Å². The van der Waals surface area contributed by atoms with E-state index in [1.807, 2.05) is 0 Å². The second-order valence-corrected chi connectivity index (χ2v) is 4.07. The lowest BCUT2D eigenvalue weighted by Gasteiger charge is -2.20. The highest BCUT2D eigenvalue weighted by Crippen LogP contribution is 2.37. The summed E-state index contributed by atoms with van der Waals surface area (Å²) in [4.78, 5) is 12.5. The Kier molecular flexibility index (Phi) is 4.76. The Bertz CT molecular complexity index is 271. The van der Waals surface area contributed by atoms with Crippen LogP contribution in [0.15, 0.2) is 0 Å². The Morgan fingerprint density at radius 1 is 1.47 bits per heavy atom. The molecule has 2 N–H and O–H groups in total. The lowest BCUT2D eigenvalue weighted by atomic mass is 9.96. The number of carbonyl (C=O) groups is 1. The van der Waals surface area contributed by atoms with Crippen molar-refractivity contribution in [3.63, 3.8) is 0 Å². The molecular weight excluding hydrogens is 237 g/mol. The van der Waals surface area contributed by atoms with E-state index in [4.69, 9.17) is 10.5 Å². The van der Waals surface area contributed by atoms with Gasteiger partial charge in [0, 0.05) is 25.6 Å². The topological polar surface area (TPSA) is 55.6 Å². The number of nitrogens with zero attached hydrogens (tertiary/aromatic N) is 1. The molecule has 100 valence electrons. The molecule has 0 radical (unpaired) electrons. The highest BCUT2D eigenvalue weighted by molar-refractivity contribution is 5.78. The molecule has 1 aliphatic rings. The summed E-state index contributed by atoms with van der Waals surface area (Å²) < 4.78 is 43.3. The fourth-order valence-electron chi connectivity index (χ4n) is 2.01. The third kappa shape index (κ3) is 3.57. The van der Waals surface area contributed by atoms with E-state index in [2.05, 4.69) is 0 Å². The van der Waals surface area contributed by atoms with Gasteiger partial charge in [-0.1, -0.05) is 0 Å². The molecule has 0 aromatic carbocycles. The van der Waals surface area contributed by atoms with Crippen LogP contribution in [-0.2, 0) is 9.53 Å². The van der Waals surface area contributed by atoms with Gasteiger partial charge in [-0.2, -0.15) is 13.2 Å². The first-order valence-electron chi connectivity index (χ1n) is 5.52. The van der Waals surface area contributed by atoms with Gasteiger partial charge in [0.25, 0.3) is 0 Å². The monoisotopic (exact) mass is 254 g/mol. The van der Waals surface area contributed by atoms with Crippen molar-refractivity contribution in [3.8, 4) is 0 Å². The number of nitrogens with two attached hydrogens (primary N) is 1. The summed E-state index contributed by atoms with van der Waals surface area (Å²) in [5.41, 5.74) is 5.15. The van der Waals surface area contributed by atoms with E-state index in [9.17, 15) is 18.0 Å². The SMILES string of the molecule is CCOC[C@@H]1CN(C(=O)CN)C[C@@H]1C(F)(F)F. The average molecular weight is 254 g/mol. The lowest BCUT2D eigenvalue weighted by Crippen LogP contribution is -2.35. The molecule has 1 aliphatic heterocycles. The Morgan fingerprint density at radius 2 is 2.12 bits per heavy atom. The highest BCUT2D eigenvalue weighted by Gasteiger charge is 2.50. The van der Waals surface area contributed by atoms with Crippen LogP contribution in [-0.4, -0.2) is 49.8 Å². The van der Waals surface area contributed by atoms with Gasteiger partial charge in [-0.05, 0) is 6.92 Å². The molecule has 1 rings (SSSR count). The van der Waals surface area contributed by atoms with Crippen LogP contribution in [0.3, 0.4) is 0 Å². The van der Waals surface area contributed by atoms with E-state index >= 15 is 0 Å². The number of amides is 1. The Labute approximate surface area is 97.9 Å². The summed E-state index contributed by atoms with van der Waals surface area (Å²) >= 11 is 0. The molecule has 1 heterocycles. The molecule has 0 aromatic rings. The smallest absolute Gasteiger partial charge is 0.381 e. The van der Waals surface area contributed by atoms with Gasteiger partial charge >= 0.3 is 6.18 Å². The van der Waals surface area contributed by atoms with Crippen molar-refractivity contribution in [2.24, 2.45) is 17.6 Å². The summed E-state index contributed by atoms with van der Waals surface area (Å²) in [5.74, 6) is -2.65. The summed E-state index contributed by atoms with van der Waals surface area (Å²) in [7, 11) is 0. The van der Waals surface area contributed by atoms with Crippen molar-refractivity contribution in [2.45, 2.75) is 13.1 Å². The molecule has 17 heavy (non-hydrogen) atoms. The molecule has 4 nitrogen and oxygen atoms in total. The maximum Gasteiger partial charge on any atom is 0.393 e. The van der Waals surface area contributed by atoms with Crippen molar-refractivity contribution in [1.82, 2.24) is 4.90 Å². The van der Waals surface area contributed by atoms with Crippen LogP contribution in [0.4, 0.5) is 13.2 Å². The number of ether oxygens (including phenoxy) is 1. The van der Waals surface area contributed by atoms with E-state index in [-0.39, 0.29) is 26.2 Å². The van der Waals surface area contributed by atoms with Gasteiger partial charge in [0.1, 0.15) is 0 Å². The second-order valence-electron chi connectivity index (χ2n) is 4.07. The lowest BCUT2D eigenvalue weighted by molar-refractivity contribution is -0.184. The number of alkyl halides is 3. The molecule has 1 fully saturated rings. The predicted octanol–water partition coefficient (Wildman–Crippen LogP) is 0.618. The number of likely N-dealkylation sites (tertiary alicyclic amines) is 1. The maximum absolute atomic E-state index is 12.8. The first-order valence-corrected chi connectivity index (χ1v) is 5.52. The van der Waals surface area contributed by atoms with E-state index < -0.39 is 23.9 Å². The molecule has 2 atom stereocenters. The fraction of sp³-hybridized carbons (Fsp3) is 0.900. The molecular formula is C10H17F3N2O2. The van der Waals surface area contributed by atoms with Crippen LogP contribution in [0.25, 0.3) is 0 Å². The van der Waals surface area contributed by atoms with Crippen molar-refractivity contribution >= 4 is 5.91 Å². The minimum absolute atomic E-state index is 0.0228. The minimum atomic E-state index is -4.30. The minimum Gasteiger partial charge on any atom is -0.381 e. The number of hydrogen-bond donors (Lipinski definition) is 1. The fourth-order valence-corrected chi connectivity index (χ4v) is 2.01.